The first-order valence-electron chi connectivity index (χ1n) is 5.65. The van der Waals surface area contributed by atoms with Gasteiger partial charge in [0.1, 0.15) is 0 Å². The van der Waals surface area contributed by atoms with Gasteiger partial charge in [0.2, 0.25) is 5.91 Å². The van der Waals surface area contributed by atoms with Crippen molar-refractivity contribution in [1.82, 2.24) is 5.32 Å². The molecule has 82 valence electrons. The van der Waals surface area contributed by atoms with Crippen LogP contribution in [0.3, 0.4) is 0 Å². The molecular weight excluding hydrogens is 176 g/mol. The smallest absolute Gasteiger partial charge is 0.221 e. The van der Waals surface area contributed by atoms with Gasteiger partial charge in [-0.15, -0.1) is 0 Å². The first-order chi connectivity index (χ1) is 6.63. The molecule has 0 saturated heterocycles. The molecule has 0 aliphatic heterocycles. The van der Waals surface area contributed by atoms with Gasteiger partial charge in [0, 0.05) is 19.0 Å². The molecule has 1 aliphatic rings. The van der Waals surface area contributed by atoms with Crippen molar-refractivity contribution in [2.45, 2.75) is 45.6 Å². The number of carbonyl (C=O) groups excluding carboxylic acids is 1. The van der Waals surface area contributed by atoms with Crippen LogP contribution in [-0.4, -0.2) is 18.5 Å². The summed E-state index contributed by atoms with van der Waals surface area (Å²) in [5, 5.41) is 2.95. The summed E-state index contributed by atoms with van der Waals surface area (Å²) in [5.41, 5.74) is 5.69. The van der Waals surface area contributed by atoms with E-state index < -0.39 is 0 Å². The number of hydrogen-bond donors (Lipinski definition) is 2. The van der Waals surface area contributed by atoms with Gasteiger partial charge < -0.3 is 11.1 Å². The highest BCUT2D eigenvalue weighted by Crippen LogP contribution is 2.35. The quantitative estimate of drug-likeness (QED) is 0.675. The number of carbonyl (C=O) groups is 1. The van der Waals surface area contributed by atoms with Crippen molar-refractivity contribution >= 4 is 5.91 Å². The maximum atomic E-state index is 11.4. The van der Waals surface area contributed by atoms with Crippen LogP contribution >= 0.6 is 0 Å². The van der Waals surface area contributed by atoms with Gasteiger partial charge in [-0.2, -0.15) is 0 Å². The third kappa shape index (κ3) is 4.09. The number of amides is 1. The first-order valence-corrected chi connectivity index (χ1v) is 5.65. The van der Waals surface area contributed by atoms with Gasteiger partial charge in [0.15, 0.2) is 0 Å². The molecule has 0 aromatic rings. The molecular formula is C11H22N2O. The van der Waals surface area contributed by atoms with E-state index in [0.717, 1.165) is 18.9 Å². The SMILES string of the molecule is CCC(N)CC(=O)NCC(C)C1CC1. The summed E-state index contributed by atoms with van der Waals surface area (Å²) >= 11 is 0. The summed E-state index contributed by atoms with van der Waals surface area (Å²) in [6, 6.07) is 0.0197. The molecule has 3 heteroatoms. The second kappa shape index (κ2) is 5.35. The summed E-state index contributed by atoms with van der Waals surface area (Å²) in [6.45, 7) is 5.03. The lowest BCUT2D eigenvalue weighted by Gasteiger charge is -2.13. The average Bonchev–Trinajstić information content (AvgIpc) is 2.97. The molecule has 0 aromatic carbocycles. The molecule has 0 heterocycles. The normalized spacial score (nSPS) is 20.2. The highest BCUT2D eigenvalue weighted by atomic mass is 16.1. The fourth-order valence-corrected chi connectivity index (χ4v) is 1.56. The van der Waals surface area contributed by atoms with Crippen molar-refractivity contribution in [3.8, 4) is 0 Å². The topological polar surface area (TPSA) is 55.1 Å². The van der Waals surface area contributed by atoms with Crippen LogP contribution in [0.25, 0.3) is 0 Å². The molecule has 1 fully saturated rings. The molecule has 1 aliphatic carbocycles. The fraction of sp³-hybridized carbons (Fsp3) is 0.909. The van der Waals surface area contributed by atoms with E-state index in [2.05, 4.69) is 12.2 Å². The first kappa shape index (κ1) is 11.5. The number of hydrogen-bond acceptors (Lipinski definition) is 2. The van der Waals surface area contributed by atoms with Crippen LogP contribution in [0.4, 0.5) is 0 Å². The minimum Gasteiger partial charge on any atom is -0.356 e. The molecule has 14 heavy (non-hydrogen) atoms. The van der Waals surface area contributed by atoms with Crippen molar-refractivity contribution in [2.24, 2.45) is 17.6 Å². The van der Waals surface area contributed by atoms with E-state index in [1.807, 2.05) is 6.92 Å². The van der Waals surface area contributed by atoms with E-state index in [4.69, 9.17) is 5.73 Å². The van der Waals surface area contributed by atoms with Crippen molar-refractivity contribution in [3.05, 3.63) is 0 Å². The fourth-order valence-electron chi connectivity index (χ4n) is 1.56. The highest BCUT2D eigenvalue weighted by molar-refractivity contribution is 5.76. The van der Waals surface area contributed by atoms with Gasteiger partial charge in [-0.05, 0) is 31.1 Å². The van der Waals surface area contributed by atoms with E-state index in [1.165, 1.54) is 12.8 Å². The van der Waals surface area contributed by atoms with Crippen LogP contribution in [0.2, 0.25) is 0 Å². The highest BCUT2D eigenvalue weighted by Gasteiger charge is 2.27. The second-order valence-electron chi connectivity index (χ2n) is 4.49. The molecule has 2 unspecified atom stereocenters. The van der Waals surface area contributed by atoms with E-state index in [-0.39, 0.29) is 11.9 Å². The standard InChI is InChI=1S/C11H22N2O/c1-3-10(12)6-11(14)13-7-8(2)9-4-5-9/h8-10H,3-7,12H2,1-2H3,(H,13,14). The van der Waals surface area contributed by atoms with Gasteiger partial charge in [-0.3, -0.25) is 4.79 Å². The van der Waals surface area contributed by atoms with Crippen LogP contribution in [0.15, 0.2) is 0 Å². The Bertz CT molecular complexity index is 190. The van der Waals surface area contributed by atoms with E-state index in [0.29, 0.717) is 12.3 Å². The minimum absolute atomic E-state index is 0.0197. The molecule has 1 rings (SSSR count). The van der Waals surface area contributed by atoms with Crippen LogP contribution < -0.4 is 11.1 Å². The maximum absolute atomic E-state index is 11.4. The Labute approximate surface area is 86.4 Å². The maximum Gasteiger partial charge on any atom is 0.221 e. The van der Waals surface area contributed by atoms with Crippen LogP contribution in [0.5, 0.6) is 0 Å². The molecule has 0 aromatic heterocycles. The summed E-state index contributed by atoms with van der Waals surface area (Å²) < 4.78 is 0. The third-order valence-electron chi connectivity index (χ3n) is 3.02. The molecule has 0 radical (unpaired) electrons. The van der Waals surface area contributed by atoms with E-state index in [9.17, 15) is 4.79 Å². The Morgan fingerprint density at radius 2 is 2.21 bits per heavy atom. The van der Waals surface area contributed by atoms with E-state index >= 15 is 0 Å². The molecule has 3 N–H and O–H groups in total. The van der Waals surface area contributed by atoms with Gasteiger partial charge in [-0.1, -0.05) is 13.8 Å². The molecule has 1 amide bonds. The van der Waals surface area contributed by atoms with Crippen LogP contribution in [0, 0.1) is 11.8 Å². The molecule has 0 spiro atoms. The third-order valence-corrected chi connectivity index (χ3v) is 3.02. The van der Waals surface area contributed by atoms with Crippen molar-refractivity contribution < 1.29 is 4.79 Å². The van der Waals surface area contributed by atoms with Crippen molar-refractivity contribution in [2.75, 3.05) is 6.54 Å². The monoisotopic (exact) mass is 198 g/mol. The summed E-state index contributed by atoms with van der Waals surface area (Å²) in [4.78, 5) is 11.4. The van der Waals surface area contributed by atoms with E-state index in [1.54, 1.807) is 0 Å². The number of rotatable bonds is 6. The lowest BCUT2D eigenvalue weighted by atomic mass is 10.1. The summed E-state index contributed by atoms with van der Waals surface area (Å²) in [7, 11) is 0. The molecule has 0 bridgehead atoms. The Balaban J connectivity index is 2.07. The zero-order chi connectivity index (χ0) is 10.6. The van der Waals surface area contributed by atoms with Crippen molar-refractivity contribution in [1.29, 1.82) is 0 Å². The number of nitrogens with one attached hydrogen (secondary N) is 1. The van der Waals surface area contributed by atoms with Gasteiger partial charge in [0.05, 0.1) is 0 Å². The predicted octanol–water partition coefficient (Wildman–Crippen LogP) is 1.28. The summed E-state index contributed by atoms with van der Waals surface area (Å²) in [6.07, 6.45) is 4.01. The Morgan fingerprint density at radius 1 is 1.57 bits per heavy atom. The van der Waals surface area contributed by atoms with Crippen LogP contribution in [0.1, 0.15) is 39.5 Å². The minimum atomic E-state index is 0.0197. The lowest BCUT2D eigenvalue weighted by molar-refractivity contribution is -0.121. The Kier molecular flexibility index (Phi) is 4.39. The van der Waals surface area contributed by atoms with Crippen molar-refractivity contribution in [3.63, 3.8) is 0 Å². The van der Waals surface area contributed by atoms with Gasteiger partial charge >= 0.3 is 0 Å². The Morgan fingerprint density at radius 3 is 2.71 bits per heavy atom. The van der Waals surface area contributed by atoms with Gasteiger partial charge in [0.25, 0.3) is 0 Å². The zero-order valence-corrected chi connectivity index (χ0v) is 9.25. The lowest BCUT2D eigenvalue weighted by Crippen LogP contribution is -2.34. The molecule has 3 nitrogen and oxygen atoms in total. The number of nitrogens with two attached hydrogens (primary N) is 1. The molecule has 1 saturated carbocycles. The van der Waals surface area contributed by atoms with Gasteiger partial charge in [-0.25, -0.2) is 0 Å². The average molecular weight is 198 g/mol. The predicted molar refractivity (Wildman–Crippen MR) is 57.8 cm³/mol. The Hall–Kier alpha value is -0.570. The van der Waals surface area contributed by atoms with Crippen LogP contribution in [-0.2, 0) is 4.79 Å². The zero-order valence-electron chi connectivity index (χ0n) is 9.25. The summed E-state index contributed by atoms with van der Waals surface area (Å²) in [5.74, 6) is 1.60. The second-order valence-corrected chi connectivity index (χ2v) is 4.49. The largest absolute Gasteiger partial charge is 0.356 e. The molecule has 2 atom stereocenters.